The van der Waals surface area contributed by atoms with Crippen LogP contribution < -0.4 is 32.9 Å². The number of aromatic nitrogens is 12. The molecule has 5 unspecified atom stereocenters. The Bertz CT molecular complexity index is 3710. The van der Waals surface area contributed by atoms with Crippen LogP contribution in [0.3, 0.4) is 0 Å². The molecule has 446 valence electrons. The Kier molecular flexibility index (Phi) is 17.1. The van der Waals surface area contributed by atoms with Crippen LogP contribution in [0.5, 0.6) is 0 Å². The molecule has 3 aliphatic rings. The number of phosphoric ester groups is 3. The third kappa shape index (κ3) is 12.8. The number of aryl methyl sites for hydroxylation is 1. The second kappa shape index (κ2) is 22.9. The summed E-state index contributed by atoms with van der Waals surface area (Å²) in [7, 11) is -26.5. The molecule has 81 heavy (non-hydrogen) atoms. The Labute approximate surface area is 449 Å². The maximum atomic E-state index is 13.7. The van der Waals surface area contributed by atoms with E-state index in [2.05, 4.69) is 52.8 Å². The van der Waals surface area contributed by atoms with Gasteiger partial charge in [-0.2, -0.15) is 27.5 Å². The lowest BCUT2D eigenvalue weighted by Gasteiger charge is -2.26. The predicted octanol–water partition coefficient (Wildman–Crippen LogP) is -3.69. The van der Waals surface area contributed by atoms with Gasteiger partial charge in [-0.15, -0.1) is 0 Å². The summed E-state index contributed by atoms with van der Waals surface area (Å²) in [6, 6.07) is 0. The van der Waals surface area contributed by atoms with Gasteiger partial charge in [0, 0.05) is 20.1 Å². The minimum absolute atomic E-state index is 0.00732. The largest absolute Gasteiger partial charge is 0.490 e. The molecule has 16 N–H and O–H groups in total. The number of aromatic amines is 2. The van der Waals surface area contributed by atoms with Crippen molar-refractivity contribution < 1.29 is 122 Å². The van der Waals surface area contributed by atoms with Crippen LogP contribution in [0, 0.1) is 5.92 Å². The van der Waals surface area contributed by atoms with Crippen LogP contribution in [0.2, 0.25) is 0 Å². The molecule has 6 aromatic rings. The van der Waals surface area contributed by atoms with Gasteiger partial charge in [0.1, 0.15) is 54.6 Å². The Morgan fingerprint density at radius 1 is 0.605 bits per heavy atom. The number of ether oxygens (including phenoxy) is 5. The van der Waals surface area contributed by atoms with Crippen molar-refractivity contribution in [3.63, 3.8) is 0 Å². The SMILES string of the molecule is COC[C@H]1[C@@H](O)[C@H](n2c[n+](C)c3c(=O)[nH]c(N)nc32)O[C@@H]1COP(=O)(O)OP(=O)(O)OP(=O)(O)OP(=O)(O)OC[C@H]1O[C@@H](n2cnc3c(N)ncnc32)[C@H](OC)[C@@H]1OP(=O)(O)OC[C@H]1O[C@@H](n2cnc3c(=O)[nH]c(N)nc32)[C@H](O)[C@@H]1O. The molecule has 0 aromatic carbocycles. The second-order valence-corrected chi connectivity index (χ2v) is 25.3. The van der Waals surface area contributed by atoms with Gasteiger partial charge in [-0.3, -0.25) is 46.8 Å². The van der Waals surface area contributed by atoms with E-state index in [1.54, 1.807) is 0 Å². The molecular formula is C34H49N15O27P5+. The Morgan fingerprint density at radius 3 is 1.78 bits per heavy atom. The number of nitrogens with zero attached hydrogens (tertiary/aromatic N) is 10. The fraction of sp³-hybridized carbons (Fsp3) is 0.559. The van der Waals surface area contributed by atoms with Gasteiger partial charge in [-0.25, -0.2) is 47.3 Å². The number of fused-ring (bicyclic) bond motifs is 3. The lowest BCUT2D eigenvalue weighted by molar-refractivity contribution is -0.646. The molecule has 17 atom stereocenters. The second-order valence-electron chi connectivity index (χ2n) is 17.6. The number of hydrogen-bond donors (Lipinski definition) is 13. The molecule has 3 aliphatic heterocycles. The normalized spacial score (nSPS) is 29.9. The van der Waals surface area contributed by atoms with Crippen molar-refractivity contribution in [3.8, 4) is 0 Å². The summed E-state index contributed by atoms with van der Waals surface area (Å²) < 4.78 is 131. The third-order valence-corrected chi connectivity index (χ3v) is 19.2. The van der Waals surface area contributed by atoms with Gasteiger partial charge in [0.25, 0.3) is 16.7 Å². The van der Waals surface area contributed by atoms with E-state index >= 15 is 0 Å². The summed E-state index contributed by atoms with van der Waals surface area (Å²) in [6.07, 6.45) is -13.5. The summed E-state index contributed by atoms with van der Waals surface area (Å²) in [6.45, 7) is -3.67. The molecule has 47 heteroatoms. The number of anilines is 3. The van der Waals surface area contributed by atoms with Crippen molar-refractivity contribution in [2.45, 2.75) is 67.5 Å². The number of rotatable bonds is 23. The van der Waals surface area contributed by atoms with Crippen molar-refractivity contribution in [1.82, 2.24) is 53.6 Å². The van der Waals surface area contributed by atoms with Crippen molar-refractivity contribution in [1.29, 1.82) is 0 Å². The van der Waals surface area contributed by atoms with Gasteiger partial charge >= 0.3 is 44.7 Å². The summed E-state index contributed by atoms with van der Waals surface area (Å²) in [5, 5.41) is 33.0. The summed E-state index contributed by atoms with van der Waals surface area (Å²) in [5.41, 5.74) is 15.5. The number of phosphoric acid groups is 5. The molecule has 9 rings (SSSR count). The quantitative estimate of drug-likeness (QED) is 0.0217. The number of methoxy groups -OCH3 is 2. The average molecular weight is 1250 g/mol. The van der Waals surface area contributed by atoms with Crippen molar-refractivity contribution in [2.75, 3.05) is 57.8 Å². The van der Waals surface area contributed by atoms with Crippen LogP contribution in [-0.2, 0) is 84.6 Å². The van der Waals surface area contributed by atoms with E-state index in [9.17, 15) is 72.2 Å². The summed E-state index contributed by atoms with van der Waals surface area (Å²) in [4.78, 5) is 106. The molecule has 9 heterocycles. The highest BCUT2D eigenvalue weighted by Crippen LogP contribution is 2.71. The van der Waals surface area contributed by atoms with E-state index in [4.69, 9.17) is 59.0 Å². The topological polar surface area (TPSA) is 598 Å². The molecule has 3 fully saturated rings. The van der Waals surface area contributed by atoms with E-state index in [1.165, 1.54) is 29.6 Å². The Morgan fingerprint density at radius 2 is 1.14 bits per heavy atom. The smallest absolute Gasteiger partial charge is 0.387 e. The number of H-pyrrole nitrogens is 2. The zero-order valence-corrected chi connectivity index (χ0v) is 45.8. The standard InChI is InChI=1S/C34H48N15O27P5/c1-46-11-49(27-18(46)29(54)45-34(37)43-27)30-19(50)12(4-65-2)13(70-30)5-68-78(57,58)74-80(61,62)76-81(63,64)75-79(59,60)69-7-15-22(23(66-3)32(72-15)47-9-40-16-24(35)38-8-39-25(16)47)73-77(55,56)67-6-14-20(51)21(52)31(71-14)48-10-41-17-26(48)42-33(36)44-28(17)53/h8-15,19-23,30-32,50-52H,4-7H2,1-3H3,(H12-,35,36,37,38,39,42,43,44,45,53,54,55,56,57,58,59,60,61,62,63,64)/p+1/t12-,13-,14-,15-,19-,20-,21-,22-,23-,30-,31-,32-/m1/s1. The first-order valence-corrected chi connectivity index (χ1v) is 30.2. The monoisotopic (exact) mass is 1250 g/mol. The minimum atomic E-state index is -6.44. The molecule has 42 nitrogen and oxygen atoms in total. The number of hydrogen-bond acceptors (Lipinski definition) is 31. The van der Waals surface area contributed by atoms with Gasteiger partial charge in [-0.05, 0) is 0 Å². The zero-order valence-electron chi connectivity index (χ0n) is 41.3. The fourth-order valence-electron chi connectivity index (χ4n) is 8.92. The van der Waals surface area contributed by atoms with Crippen LogP contribution in [0.4, 0.5) is 17.7 Å². The first-order chi connectivity index (χ1) is 37.9. The van der Waals surface area contributed by atoms with E-state index in [0.717, 1.165) is 35.2 Å². The first kappa shape index (κ1) is 60.6. The molecule has 0 bridgehead atoms. The number of imidazole rings is 3. The number of aliphatic hydroxyl groups is 3. The number of aliphatic hydroxyl groups excluding tert-OH is 3. The highest BCUT2D eigenvalue weighted by molar-refractivity contribution is 7.69. The van der Waals surface area contributed by atoms with Gasteiger partial charge in [0.05, 0.1) is 52.2 Å². The summed E-state index contributed by atoms with van der Waals surface area (Å²) in [5.74, 6) is -1.82. The Hall–Kier alpha value is -5.00. The van der Waals surface area contributed by atoms with Crippen LogP contribution >= 0.6 is 39.1 Å². The molecule has 0 radical (unpaired) electrons. The van der Waals surface area contributed by atoms with Crippen molar-refractivity contribution >= 4 is 90.3 Å². The van der Waals surface area contributed by atoms with E-state index in [1.807, 2.05) is 0 Å². The summed E-state index contributed by atoms with van der Waals surface area (Å²) >= 11 is 0. The fourth-order valence-corrected chi connectivity index (χ4v) is 14.8. The molecule has 3 saturated heterocycles. The van der Waals surface area contributed by atoms with Crippen LogP contribution in [0.1, 0.15) is 18.7 Å². The average Bonchev–Trinajstić information content (AvgIpc) is 4.43. The van der Waals surface area contributed by atoms with E-state index in [-0.39, 0.29) is 57.8 Å². The maximum absolute atomic E-state index is 13.7. The lowest BCUT2D eigenvalue weighted by atomic mass is 9.99. The molecule has 0 saturated carbocycles. The van der Waals surface area contributed by atoms with Crippen LogP contribution in [-0.4, -0.2) is 183 Å². The predicted molar refractivity (Wildman–Crippen MR) is 259 cm³/mol. The van der Waals surface area contributed by atoms with Crippen LogP contribution in [0.15, 0.2) is 34.9 Å². The van der Waals surface area contributed by atoms with Gasteiger partial charge in [0.2, 0.25) is 24.5 Å². The zero-order chi connectivity index (χ0) is 58.9. The highest BCUT2D eigenvalue weighted by atomic mass is 31.3. The van der Waals surface area contributed by atoms with E-state index in [0.29, 0.717) is 0 Å². The minimum Gasteiger partial charge on any atom is -0.387 e. The third-order valence-electron chi connectivity index (χ3n) is 12.3. The van der Waals surface area contributed by atoms with E-state index < -0.39 is 143 Å². The maximum Gasteiger partial charge on any atom is 0.490 e. The van der Waals surface area contributed by atoms with Gasteiger partial charge < -0.3 is 80.7 Å². The number of nitrogen functional groups attached to an aromatic ring is 3. The lowest BCUT2D eigenvalue weighted by Crippen LogP contribution is -2.38. The molecule has 0 spiro atoms. The Balaban J connectivity index is 0.852. The molecule has 6 aromatic heterocycles. The molecular weight excluding hydrogens is 1210 g/mol. The van der Waals surface area contributed by atoms with Crippen molar-refractivity contribution in [2.24, 2.45) is 13.0 Å². The van der Waals surface area contributed by atoms with Gasteiger partial charge in [-0.1, -0.05) is 0 Å². The highest BCUT2D eigenvalue weighted by Gasteiger charge is 2.54. The van der Waals surface area contributed by atoms with Gasteiger partial charge in [0.15, 0.2) is 35.1 Å². The van der Waals surface area contributed by atoms with Crippen LogP contribution in [0.25, 0.3) is 33.5 Å². The molecule has 0 aliphatic carbocycles. The first-order valence-electron chi connectivity index (χ1n) is 22.7. The van der Waals surface area contributed by atoms with Crippen molar-refractivity contribution in [3.05, 3.63) is 46.0 Å². The number of nitrogens with one attached hydrogen (secondary N) is 2. The number of nitrogens with two attached hydrogens (primary N) is 3. The molecule has 0 amide bonds.